The molecule has 0 aliphatic heterocycles. The van der Waals surface area contributed by atoms with Crippen molar-refractivity contribution in [3.05, 3.63) is 64.0 Å². The summed E-state index contributed by atoms with van der Waals surface area (Å²) in [6, 6.07) is 4.90. The number of hydrogen-bond donors (Lipinski definition) is 2. The van der Waals surface area contributed by atoms with E-state index in [4.69, 9.17) is 4.42 Å². The smallest absolute Gasteiger partial charge is 0.286 e. The van der Waals surface area contributed by atoms with Crippen LogP contribution in [-0.4, -0.2) is 26.3 Å². The van der Waals surface area contributed by atoms with Gasteiger partial charge in [-0.3, -0.25) is 19.8 Å². The zero-order chi connectivity index (χ0) is 18.3. The summed E-state index contributed by atoms with van der Waals surface area (Å²) in [7, 11) is 0. The molecule has 0 bridgehead atoms. The average Bonchev–Trinajstić information content (AvgIpc) is 3.37. The van der Waals surface area contributed by atoms with E-state index in [0.717, 1.165) is 4.68 Å². The lowest BCUT2D eigenvalue weighted by molar-refractivity contribution is 0.100. The highest BCUT2D eigenvalue weighted by Crippen LogP contribution is 2.30. The highest BCUT2D eigenvalue weighted by atomic mass is 32.1. The van der Waals surface area contributed by atoms with Crippen LogP contribution in [0.5, 0.6) is 0 Å². The van der Waals surface area contributed by atoms with Crippen LogP contribution in [0.3, 0.4) is 0 Å². The predicted octanol–water partition coefficient (Wildman–Crippen LogP) is 2.63. The van der Waals surface area contributed by atoms with Crippen molar-refractivity contribution in [3.8, 4) is 11.3 Å². The zero-order valence-electron chi connectivity index (χ0n) is 13.5. The fraction of sp³-hybridized carbons (Fsp3) is 0.0588. The molecule has 9 heteroatoms. The van der Waals surface area contributed by atoms with Crippen molar-refractivity contribution in [2.45, 2.75) is 6.92 Å². The summed E-state index contributed by atoms with van der Waals surface area (Å²) >= 11 is 1.32. The van der Waals surface area contributed by atoms with Gasteiger partial charge in [0.2, 0.25) is 0 Å². The molecule has 0 atom stereocenters. The number of aromatic nitrogens is 3. The minimum Gasteiger partial charge on any atom is -0.464 e. The summed E-state index contributed by atoms with van der Waals surface area (Å²) in [5.74, 6) is -0.174. The van der Waals surface area contributed by atoms with E-state index >= 15 is 0 Å². The van der Waals surface area contributed by atoms with Crippen LogP contribution in [0.4, 0.5) is 0 Å². The zero-order valence-corrected chi connectivity index (χ0v) is 14.3. The maximum absolute atomic E-state index is 12.8. The van der Waals surface area contributed by atoms with E-state index in [1.54, 1.807) is 17.5 Å². The second kappa shape index (κ2) is 6.12. The van der Waals surface area contributed by atoms with E-state index in [-0.39, 0.29) is 11.5 Å². The Bertz CT molecular complexity index is 1180. The summed E-state index contributed by atoms with van der Waals surface area (Å²) < 4.78 is 6.37. The number of Topliss-reactive ketones (excluding diaryl/α,β-unsaturated/α-hetero) is 1. The fourth-order valence-corrected chi connectivity index (χ4v) is 3.41. The lowest BCUT2D eigenvalue weighted by Gasteiger charge is -2.06. The van der Waals surface area contributed by atoms with Crippen LogP contribution in [0, 0.1) is 0 Å². The summed E-state index contributed by atoms with van der Waals surface area (Å²) in [5.41, 5.74) is 3.21. The number of hydrogen-bond acceptors (Lipinski definition) is 6. The van der Waals surface area contributed by atoms with Crippen LogP contribution in [0.1, 0.15) is 27.8 Å². The fourth-order valence-electron chi connectivity index (χ4n) is 2.52. The van der Waals surface area contributed by atoms with Crippen molar-refractivity contribution < 1.29 is 14.0 Å². The molecule has 1 amide bonds. The largest absolute Gasteiger partial charge is 0.464 e. The molecule has 0 unspecified atom stereocenters. The van der Waals surface area contributed by atoms with E-state index in [2.05, 4.69) is 15.4 Å². The highest BCUT2D eigenvalue weighted by Gasteiger charge is 2.17. The molecule has 4 heterocycles. The van der Waals surface area contributed by atoms with Gasteiger partial charge in [0.15, 0.2) is 5.78 Å². The van der Waals surface area contributed by atoms with Gasteiger partial charge in [-0.05, 0) is 25.1 Å². The molecule has 0 saturated heterocycles. The first kappa shape index (κ1) is 16.0. The Morgan fingerprint density at radius 1 is 1.38 bits per heavy atom. The van der Waals surface area contributed by atoms with Gasteiger partial charge in [0.1, 0.15) is 22.6 Å². The maximum Gasteiger partial charge on any atom is 0.286 e. The first-order chi connectivity index (χ1) is 12.5. The van der Waals surface area contributed by atoms with Crippen LogP contribution in [0.15, 0.2) is 51.6 Å². The number of amides is 1. The topological polar surface area (TPSA) is 110 Å². The Morgan fingerprint density at radius 3 is 2.92 bits per heavy atom. The van der Waals surface area contributed by atoms with Crippen LogP contribution in [0.25, 0.3) is 21.5 Å². The third-order valence-electron chi connectivity index (χ3n) is 3.84. The number of nitrogens with zero attached hydrogens (tertiary/aromatic N) is 2. The molecular weight excluding hydrogens is 356 g/mol. The van der Waals surface area contributed by atoms with E-state index in [1.165, 1.54) is 43.1 Å². The quantitative estimate of drug-likeness (QED) is 0.538. The van der Waals surface area contributed by atoms with Gasteiger partial charge in [0.05, 0.1) is 11.6 Å². The monoisotopic (exact) mass is 368 g/mol. The van der Waals surface area contributed by atoms with Crippen LogP contribution in [-0.2, 0) is 0 Å². The van der Waals surface area contributed by atoms with Gasteiger partial charge in [0.25, 0.3) is 11.5 Å². The van der Waals surface area contributed by atoms with E-state index in [1.807, 2.05) is 0 Å². The summed E-state index contributed by atoms with van der Waals surface area (Å²) in [5, 5.41) is 2.15. The van der Waals surface area contributed by atoms with Crippen molar-refractivity contribution in [3.63, 3.8) is 0 Å². The molecule has 0 aliphatic carbocycles. The van der Waals surface area contributed by atoms with Crippen molar-refractivity contribution >= 4 is 33.2 Å². The molecule has 8 nitrogen and oxygen atoms in total. The second-order valence-electron chi connectivity index (χ2n) is 5.53. The van der Waals surface area contributed by atoms with Gasteiger partial charge in [-0.2, -0.15) is 0 Å². The Morgan fingerprint density at radius 2 is 2.23 bits per heavy atom. The molecule has 4 aromatic heterocycles. The molecule has 4 rings (SSSR count). The molecule has 0 radical (unpaired) electrons. The average molecular weight is 368 g/mol. The predicted molar refractivity (Wildman–Crippen MR) is 96.1 cm³/mol. The van der Waals surface area contributed by atoms with Gasteiger partial charge in [-0.1, -0.05) is 0 Å². The minimum absolute atomic E-state index is 0.165. The lowest BCUT2D eigenvalue weighted by Crippen LogP contribution is -2.33. The summed E-state index contributed by atoms with van der Waals surface area (Å²) in [4.78, 5) is 43.9. The number of rotatable bonds is 4. The van der Waals surface area contributed by atoms with Crippen molar-refractivity contribution in [2.75, 3.05) is 5.43 Å². The van der Waals surface area contributed by atoms with E-state index in [0.29, 0.717) is 27.1 Å². The summed E-state index contributed by atoms with van der Waals surface area (Å²) in [6.07, 6.45) is 4.21. The molecule has 0 aromatic carbocycles. The molecule has 0 aliphatic rings. The number of ketones is 1. The number of aromatic amines is 1. The number of carbonyl (C=O) groups is 2. The minimum atomic E-state index is -0.560. The van der Waals surface area contributed by atoms with Crippen LogP contribution in [0.2, 0.25) is 0 Å². The Hall–Kier alpha value is -3.46. The van der Waals surface area contributed by atoms with Gasteiger partial charge < -0.3 is 9.40 Å². The molecule has 4 aromatic rings. The first-order valence-electron chi connectivity index (χ1n) is 7.58. The number of fused-ring (bicyclic) bond motifs is 1. The molecule has 0 saturated carbocycles. The van der Waals surface area contributed by atoms with E-state index < -0.39 is 11.5 Å². The SMILES string of the molecule is CC(=O)c1c[nH]c(C(=O)Nn2cnc3scc(-c4ccco4)c3c2=O)c1. The molecular formula is C17H12N4O4S. The first-order valence-corrected chi connectivity index (χ1v) is 8.46. The lowest BCUT2D eigenvalue weighted by atomic mass is 10.2. The van der Waals surface area contributed by atoms with Gasteiger partial charge in [-0.25, -0.2) is 9.66 Å². The molecule has 26 heavy (non-hydrogen) atoms. The molecule has 0 fully saturated rings. The highest BCUT2D eigenvalue weighted by molar-refractivity contribution is 7.17. The molecule has 2 N–H and O–H groups in total. The number of thiophene rings is 1. The third kappa shape index (κ3) is 2.64. The normalized spacial score (nSPS) is 11.0. The molecule has 130 valence electrons. The van der Waals surface area contributed by atoms with Gasteiger partial charge in [0, 0.05) is 22.7 Å². The standard InChI is InChI=1S/C17H12N4O4S/c1-9(22)10-5-12(18-6-10)15(23)20-21-8-19-16-14(17(21)24)11(7-26-16)13-3-2-4-25-13/h2-8,18H,1H3,(H,20,23). The van der Waals surface area contributed by atoms with Crippen LogP contribution < -0.4 is 11.0 Å². The maximum atomic E-state index is 12.8. The number of nitrogens with one attached hydrogen (secondary N) is 2. The van der Waals surface area contributed by atoms with E-state index in [9.17, 15) is 14.4 Å². The number of furan rings is 1. The summed E-state index contributed by atoms with van der Waals surface area (Å²) in [6.45, 7) is 1.40. The third-order valence-corrected chi connectivity index (χ3v) is 4.72. The Kier molecular flexibility index (Phi) is 3.77. The number of H-pyrrole nitrogens is 1. The second-order valence-corrected chi connectivity index (χ2v) is 6.38. The van der Waals surface area contributed by atoms with Gasteiger partial charge >= 0.3 is 0 Å². The Balaban J connectivity index is 1.71. The van der Waals surface area contributed by atoms with Gasteiger partial charge in [-0.15, -0.1) is 11.3 Å². The Labute approximate surface area is 150 Å². The molecule has 0 spiro atoms. The van der Waals surface area contributed by atoms with Crippen molar-refractivity contribution in [2.24, 2.45) is 0 Å². The van der Waals surface area contributed by atoms with Crippen LogP contribution >= 0.6 is 11.3 Å². The van der Waals surface area contributed by atoms with Crippen molar-refractivity contribution in [1.82, 2.24) is 14.6 Å². The number of carbonyl (C=O) groups excluding carboxylic acids is 2. The van der Waals surface area contributed by atoms with Crippen molar-refractivity contribution in [1.29, 1.82) is 0 Å².